The Morgan fingerprint density at radius 2 is 1.85 bits per heavy atom. The fourth-order valence-electron chi connectivity index (χ4n) is 1.65. The van der Waals surface area contributed by atoms with Gasteiger partial charge < -0.3 is 20.1 Å². The number of alkyl halides is 3. The number of benzene rings is 1. The van der Waals surface area contributed by atoms with E-state index in [1.165, 1.54) is 24.3 Å². The molecule has 1 aromatic rings. The summed E-state index contributed by atoms with van der Waals surface area (Å²) in [4.78, 5) is 1.99. The predicted molar refractivity (Wildman–Crippen MR) is 69.5 cm³/mol. The molecular formula is C13H19F3N2O2. The van der Waals surface area contributed by atoms with Crippen LogP contribution in [0.4, 0.5) is 13.2 Å². The van der Waals surface area contributed by atoms with Crippen LogP contribution in [-0.2, 0) is 0 Å². The molecule has 4 nitrogen and oxygen atoms in total. The lowest BCUT2D eigenvalue weighted by atomic mass is 10.1. The highest BCUT2D eigenvalue weighted by Crippen LogP contribution is 2.24. The normalized spacial score (nSPS) is 13.6. The zero-order valence-corrected chi connectivity index (χ0v) is 11.4. The lowest BCUT2D eigenvalue weighted by molar-refractivity contribution is -0.274. The van der Waals surface area contributed by atoms with Crippen molar-refractivity contribution in [2.45, 2.75) is 12.4 Å². The van der Waals surface area contributed by atoms with E-state index in [0.717, 1.165) is 6.54 Å². The molecule has 114 valence electrons. The van der Waals surface area contributed by atoms with Crippen LogP contribution in [0.15, 0.2) is 24.3 Å². The smallest absolute Gasteiger partial charge is 0.406 e. The summed E-state index contributed by atoms with van der Waals surface area (Å²) in [6, 6.07) is 5.17. The molecule has 0 saturated heterocycles. The third-order valence-corrected chi connectivity index (χ3v) is 2.65. The van der Waals surface area contributed by atoms with Gasteiger partial charge in [-0.3, -0.25) is 0 Å². The van der Waals surface area contributed by atoms with Gasteiger partial charge in [0.25, 0.3) is 0 Å². The van der Waals surface area contributed by atoms with Gasteiger partial charge in [-0.1, -0.05) is 12.1 Å². The van der Waals surface area contributed by atoms with E-state index in [0.29, 0.717) is 12.1 Å². The van der Waals surface area contributed by atoms with E-state index < -0.39 is 6.36 Å². The molecule has 20 heavy (non-hydrogen) atoms. The van der Waals surface area contributed by atoms with Crippen LogP contribution in [0.25, 0.3) is 0 Å². The molecule has 0 aromatic heterocycles. The van der Waals surface area contributed by atoms with Crippen LogP contribution in [-0.4, -0.2) is 50.2 Å². The standard InChI is InChI=1S/C13H19F3N2O2/c1-18(2)8-7-17-12(9-19)10-3-5-11(6-4-10)20-13(14,15)16/h3-6,12,17,19H,7-9H2,1-2H3. The molecular weight excluding hydrogens is 273 g/mol. The summed E-state index contributed by atoms with van der Waals surface area (Å²) in [5, 5.41) is 12.4. The molecule has 0 heterocycles. The zero-order chi connectivity index (χ0) is 15.2. The van der Waals surface area contributed by atoms with Crippen LogP contribution in [0.2, 0.25) is 0 Å². The van der Waals surface area contributed by atoms with Crippen molar-refractivity contribution in [2.24, 2.45) is 0 Å². The van der Waals surface area contributed by atoms with Crippen molar-refractivity contribution in [3.63, 3.8) is 0 Å². The monoisotopic (exact) mass is 292 g/mol. The molecule has 7 heteroatoms. The highest BCUT2D eigenvalue weighted by atomic mass is 19.4. The van der Waals surface area contributed by atoms with Gasteiger partial charge in [0.1, 0.15) is 5.75 Å². The Labute approximate surface area is 116 Å². The largest absolute Gasteiger partial charge is 0.573 e. The van der Waals surface area contributed by atoms with E-state index in [-0.39, 0.29) is 18.4 Å². The molecule has 0 radical (unpaired) electrons. The average Bonchev–Trinajstić information content (AvgIpc) is 2.34. The van der Waals surface area contributed by atoms with Gasteiger partial charge in [0, 0.05) is 13.1 Å². The maximum absolute atomic E-state index is 12.0. The summed E-state index contributed by atoms with van der Waals surface area (Å²) >= 11 is 0. The topological polar surface area (TPSA) is 44.7 Å². The first-order valence-electron chi connectivity index (χ1n) is 6.16. The first-order valence-corrected chi connectivity index (χ1v) is 6.16. The molecule has 1 aromatic carbocycles. The average molecular weight is 292 g/mol. The van der Waals surface area contributed by atoms with Gasteiger partial charge in [0.05, 0.1) is 12.6 Å². The van der Waals surface area contributed by atoms with Gasteiger partial charge in [-0.05, 0) is 31.8 Å². The second kappa shape index (κ2) is 7.47. The molecule has 0 aliphatic heterocycles. The fraction of sp³-hybridized carbons (Fsp3) is 0.538. The number of likely N-dealkylation sites (N-methyl/N-ethyl adjacent to an activating group) is 1. The third kappa shape index (κ3) is 6.23. The number of aliphatic hydroxyl groups is 1. The number of rotatable bonds is 7. The van der Waals surface area contributed by atoms with E-state index >= 15 is 0 Å². The number of hydrogen-bond acceptors (Lipinski definition) is 4. The second-order valence-electron chi connectivity index (χ2n) is 4.61. The van der Waals surface area contributed by atoms with Crippen molar-refractivity contribution in [2.75, 3.05) is 33.8 Å². The van der Waals surface area contributed by atoms with Gasteiger partial charge in [-0.25, -0.2) is 0 Å². The summed E-state index contributed by atoms with van der Waals surface area (Å²) in [5.74, 6) is -0.272. The molecule has 0 aliphatic carbocycles. The van der Waals surface area contributed by atoms with Gasteiger partial charge in [-0.2, -0.15) is 0 Å². The van der Waals surface area contributed by atoms with Crippen molar-refractivity contribution in [3.05, 3.63) is 29.8 Å². The summed E-state index contributed by atoms with van der Waals surface area (Å²) in [7, 11) is 3.86. The van der Waals surface area contributed by atoms with E-state index in [1.54, 1.807) is 0 Å². The Balaban J connectivity index is 2.60. The van der Waals surface area contributed by atoms with E-state index in [4.69, 9.17) is 0 Å². The van der Waals surface area contributed by atoms with Crippen molar-refractivity contribution >= 4 is 0 Å². The van der Waals surface area contributed by atoms with Crippen LogP contribution in [0.1, 0.15) is 11.6 Å². The quantitative estimate of drug-likeness (QED) is 0.804. The molecule has 0 bridgehead atoms. The Hall–Kier alpha value is -1.31. The summed E-state index contributed by atoms with van der Waals surface area (Å²) in [6.45, 7) is 1.33. The van der Waals surface area contributed by atoms with E-state index in [1.807, 2.05) is 19.0 Å². The van der Waals surface area contributed by atoms with Crippen molar-refractivity contribution in [1.29, 1.82) is 0 Å². The summed E-state index contributed by atoms with van der Waals surface area (Å²) in [6.07, 6.45) is -4.69. The molecule has 2 N–H and O–H groups in total. The minimum Gasteiger partial charge on any atom is -0.406 e. The number of aliphatic hydroxyl groups excluding tert-OH is 1. The molecule has 0 spiro atoms. The Morgan fingerprint density at radius 1 is 1.25 bits per heavy atom. The van der Waals surface area contributed by atoms with Crippen LogP contribution in [0.3, 0.4) is 0 Å². The number of halogens is 3. The van der Waals surface area contributed by atoms with Crippen molar-refractivity contribution in [3.8, 4) is 5.75 Å². The first kappa shape index (κ1) is 16.7. The fourth-order valence-corrected chi connectivity index (χ4v) is 1.65. The van der Waals surface area contributed by atoms with E-state index in [9.17, 15) is 18.3 Å². The zero-order valence-electron chi connectivity index (χ0n) is 11.4. The lowest BCUT2D eigenvalue weighted by Crippen LogP contribution is -2.31. The van der Waals surface area contributed by atoms with Gasteiger partial charge >= 0.3 is 6.36 Å². The number of ether oxygens (including phenoxy) is 1. The Bertz CT molecular complexity index is 394. The Morgan fingerprint density at radius 3 is 2.30 bits per heavy atom. The molecule has 1 rings (SSSR count). The number of nitrogens with zero attached hydrogens (tertiary/aromatic N) is 1. The van der Waals surface area contributed by atoms with Crippen LogP contribution < -0.4 is 10.1 Å². The molecule has 0 aliphatic rings. The van der Waals surface area contributed by atoms with Gasteiger partial charge in [0.2, 0.25) is 0 Å². The third-order valence-electron chi connectivity index (χ3n) is 2.65. The molecule has 0 amide bonds. The maximum Gasteiger partial charge on any atom is 0.573 e. The number of hydrogen-bond donors (Lipinski definition) is 2. The SMILES string of the molecule is CN(C)CCNC(CO)c1ccc(OC(F)(F)F)cc1. The second-order valence-corrected chi connectivity index (χ2v) is 4.61. The van der Waals surface area contributed by atoms with Gasteiger partial charge in [0.15, 0.2) is 0 Å². The number of nitrogens with one attached hydrogen (secondary N) is 1. The van der Waals surface area contributed by atoms with Crippen LogP contribution in [0, 0.1) is 0 Å². The Kier molecular flexibility index (Phi) is 6.25. The predicted octanol–water partition coefficient (Wildman–Crippen LogP) is 1.77. The highest BCUT2D eigenvalue weighted by molar-refractivity contribution is 5.29. The van der Waals surface area contributed by atoms with Crippen molar-refractivity contribution < 1.29 is 23.0 Å². The molecule has 1 unspecified atom stereocenters. The summed E-state index contributed by atoms with van der Waals surface area (Å²) in [5.41, 5.74) is 0.709. The molecule has 0 saturated carbocycles. The maximum atomic E-state index is 12.0. The van der Waals surface area contributed by atoms with Crippen LogP contribution >= 0.6 is 0 Å². The van der Waals surface area contributed by atoms with Gasteiger partial charge in [-0.15, -0.1) is 13.2 Å². The van der Waals surface area contributed by atoms with E-state index in [2.05, 4.69) is 10.1 Å². The first-order chi connectivity index (χ1) is 9.31. The molecule has 1 atom stereocenters. The molecule has 0 fully saturated rings. The van der Waals surface area contributed by atoms with Crippen LogP contribution in [0.5, 0.6) is 5.75 Å². The lowest BCUT2D eigenvalue weighted by Gasteiger charge is -2.19. The minimum atomic E-state index is -4.69. The minimum absolute atomic E-state index is 0.132. The summed E-state index contributed by atoms with van der Waals surface area (Å²) < 4.78 is 39.9. The van der Waals surface area contributed by atoms with Crippen molar-refractivity contribution in [1.82, 2.24) is 10.2 Å². The highest BCUT2D eigenvalue weighted by Gasteiger charge is 2.31.